The van der Waals surface area contributed by atoms with E-state index in [1.807, 2.05) is 29.8 Å². The lowest BCUT2D eigenvalue weighted by Gasteiger charge is -2.24. The number of nitrogens with one attached hydrogen (secondary N) is 1. The van der Waals surface area contributed by atoms with Gasteiger partial charge in [-0.25, -0.2) is 4.98 Å². The van der Waals surface area contributed by atoms with Crippen LogP contribution in [0.25, 0.3) is 11.3 Å². The topological polar surface area (TPSA) is 40.5 Å². The molecule has 3 aromatic rings. The number of aromatic nitrogens is 1. The first-order valence-corrected chi connectivity index (χ1v) is 11.3. The van der Waals surface area contributed by atoms with Gasteiger partial charge in [0.1, 0.15) is 0 Å². The van der Waals surface area contributed by atoms with Crippen LogP contribution in [-0.4, -0.2) is 24.3 Å². The van der Waals surface area contributed by atoms with E-state index < -0.39 is 0 Å². The number of benzene rings is 2. The molecule has 0 radical (unpaired) electrons. The SMILES string of the molecule is CCCCN(CCCC)c1ccc(C=NNc2nc(-c3ccccc3)cs2)cc1. The molecule has 152 valence electrons. The first kappa shape index (κ1) is 21.1. The molecule has 0 aliphatic carbocycles. The highest BCUT2D eigenvalue weighted by Gasteiger charge is 2.05. The number of unbranched alkanes of at least 4 members (excludes halogenated alkanes) is 2. The van der Waals surface area contributed by atoms with Gasteiger partial charge in [0.2, 0.25) is 5.13 Å². The van der Waals surface area contributed by atoms with Crippen LogP contribution in [0.15, 0.2) is 65.1 Å². The molecular weight excluding hydrogens is 376 g/mol. The molecule has 1 aromatic heterocycles. The van der Waals surface area contributed by atoms with E-state index in [1.165, 1.54) is 31.4 Å². The summed E-state index contributed by atoms with van der Waals surface area (Å²) in [5.41, 5.74) is 7.50. The summed E-state index contributed by atoms with van der Waals surface area (Å²) in [6, 6.07) is 18.8. The summed E-state index contributed by atoms with van der Waals surface area (Å²) in [5, 5.41) is 7.19. The number of hydrogen-bond donors (Lipinski definition) is 1. The van der Waals surface area contributed by atoms with Crippen molar-refractivity contribution in [2.75, 3.05) is 23.4 Å². The van der Waals surface area contributed by atoms with Gasteiger partial charge in [0.15, 0.2) is 0 Å². The van der Waals surface area contributed by atoms with Crippen molar-refractivity contribution in [3.8, 4) is 11.3 Å². The van der Waals surface area contributed by atoms with Gasteiger partial charge in [-0.3, -0.25) is 5.43 Å². The maximum absolute atomic E-state index is 4.59. The normalized spacial score (nSPS) is 11.1. The molecular formula is C24H30N4S. The fourth-order valence-electron chi connectivity index (χ4n) is 3.07. The quantitative estimate of drug-likeness (QED) is 0.286. The zero-order valence-corrected chi connectivity index (χ0v) is 18.2. The third-order valence-corrected chi connectivity index (χ3v) is 5.52. The van der Waals surface area contributed by atoms with Gasteiger partial charge in [0.05, 0.1) is 11.9 Å². The number of rotatable bonds is 11. The molecule has 4 nitrogen and oxygen atoms in total. The van der Waals surface area contributed by atoms with Gasteiger partial charge >= 0.3 is 0 Å². The summed E-state index contributed by atoms with van der Waals surface area (Å²) in [6.07, 6.45) is 6.75. The first-order chi connectivity index (χ1) is 14.3. The Morgan fingerprint density at radius 1 is 0.966 bits per heavy atom. The molecule has 0 spiro atoms. The van der Waals surface area contributed by atoms with Crippen molar-refractivity contribution in [3.63, 3.8) is 0 Å². The highest BCUT2D eigenvalue weighted by molar-refractivity contribution is 7.14. The Kier molecular flexibility index (Phi) is 8.25. The Hall–Kier alpha value is -2.66. The molecule has 1 N–H and O–H groups in total. The lowest BCUT2D eigenvalue weighted by molar-refractivity contribution is 0.678. The van der Waals surface area contributed by atoms with Gasteiger partial charge in [-0.1, -0.05) is 69.2 Å². The number of thiazole rings is 1. The van der Waals surface area contributed by atoms with Crippen LogP contribution in [0.5, 0.6) is 0 Å². The van der Waals surface area contributed by atoms with Crippen molar-refractivity contribution in [2.45, 2.75) is 39.5 Å². The average molecular weight is 407 g/mol. The molecule has 0 aliphatic heterocycles. The molecule has 0 saturated carbocycles. The van der Waals surface area contributed by atoms with E-state index >= 15 is 0 Å². The maximum atomic E-state index is 4.59. The first-order valence-electron chi connectivity index (χ1n) is 10.4. The zero-order valence-electron chi connectivity index (χ0n) is 17.3. The molecule has 2 aromatic carbocycles. The number of hydrazone groups is 1. The van der Waals surface area contributed by atoms with Crippen LogP contribution in [-0.2, 0) is 0 Å². The minimum atomic E-state index is 0.794. The van der Waals surface area contributed by atoms with Crippen molar-refractivity contribution in [1.82, 2.24) is 4.98 Å². The van der Waals surface area contributed by atoms with E-state index in [0.29, 0.717) is 0 Å². The molecule has 0 aliphatic rings. The summed E-state index contributed by atoms with van der Waals surface area (Å²) < 4.78 is 0. The van der Waals surface area contributed by atoms with Crippen LogP contribution < -0.4 is 10.3 Å². The molecule has 0 saturated heterocycles. The standard InChI is InChI=1S/C24H30N4S/c1-3-5-16-28(17-6-4-2)22-14-12-20(13-15-22)18-25-27-24-26-23(19-29-24)21-10-8-7-9-11-21/h7-15,18-19H,3-6,16-17H2,1-2H3,(H,26,27). The average Bonchev–Trinajstić information content (AvgIpc) is 3.24. The molecule has 0 amide bonds. The van der Waals surface area contributed by atoms with Crippen LogP contribution in [0.2, 0.25) is 0 Å². The summed E-state index contributed by atoms with van der Waals surface area (Å²) >= 11 is 1.56. The van der Waals surface area contributed by atoms with Crippen molar-refractivity contribution >= 4 is 28.4 Å². The number of anilines is 2. The number of nitrogens with zero attached hydrogens (tertiary/aromatic N) is 3. The lowest BCUT2D eigenvalue weighted by Crippen LogP contribution is -2.25. The van der Waals surface area contributed by atoms with Crippen molar-refractivity contribution in [3.05, 3.63) is 65.5 Å². The summed E-state index contributed by atoms with van der Waals surface area (Å²) in [4.78, 5) is 7.09. The highest BCUT2D eigenvalue weighted by Crippen LogP contribution is 2.24. The largest absolute Gasteiger partial charge is 0.372 e. The van der Waals surface area contributed by atoms with Crippen molar-refractivity contribution in [2.24, 2.45) is 5.10 Å². The molecule has 0 unspecified atom stereocenters. The molecule has 5 heteroatoms. The van der Waals surface area contributed by atoms with E-state index in [2.05, 4.69) is 70.7 Å². The Morgan fingerprint density at radius 2 is 1.66 bits per heavy atom. The monoisotopic (exact) mass is 406 g/mol. The van der Waals surface area contributed by atoms with Crippen LogP contribution in [0.3, 0.4) is 0 Å². The number of hydrogen-bond acceptors (Lipinski definition) is 5. The van der Waals surface area contributed by atoms with Crippen molar-refractivity contribution < 1.29 is 0 Å². The maximum Gasteiger partial charge on any atom is 0.203 e. The Morgan fingerprint density at radius 3 is 2.31 bits per heavy atom. The molecule has 0 atom stereocenters. The van der Waals surface area contributed by atoms with Gasteiger partial charge in [0.25, 0.3) is 0 Å². The molecule has 1 heterocycles. The van der Waals surface area contributed by atoms with Gasteiger partial charge < -0.3 is 4.90 Å². The Bertz CT molecular complexity index is 863. The van der Waals surface area contributed by atoms with Crippen molar-refractivity contribution in [1.29, 1.82) is 0 Å². The third kappa shape index (κ3) is 6.43. The second-order valence-electron chi connectivity index (χ2n) is 7.06. The fourth-order valence-corrected chi connectivity index (χ4v) is 3.74. The van der Waals surface area contributed by atoms with E-state index in [0.717, 1.165) is 35.0 Å². The minimum absolute atomic E-state index is 0.794. The Labute approximate surface area is 178 Å². The highest BCUT2D eigenvalue weighted by atomic mass is 32.1. The summed E-state index contributed by atoms with van der Waals surface area (Å²) in [5.74, 6) is 0. The predicted octanol–water partition coefficient (Wildman–Crippen LogP) is 6.66. The summed E-state index contributed by atoms with van der Waals surface area (Å²) in [6.45, 7) is 6.74. The minimum Gasteiger partial charge on any atom is -0.372 e. The second-order valence-corrected chi connectivity index (χ2v) is 7.92. The van der Waals surface area contributed by atoms with Crippen LogP contribution in [0.4, 0.5) is 10.8 Å². The molecule has 29 heavy (non-hydrogen) atoms. The van der Waals surface area contributed by atoms with Gasteiger partial charge in [-0.05, 0) is 30.5 Å². The molecule has 0 bridgehead atoms. The summed E-state index contributed by atoms with van der Waals surface area (Å²) in [7, 11) is 0. The van der Waals surface area contributed by atoms with E-state index in [9.17, 15) is 0 Å². The van der Waals surface area contributed by atoms with Crippen LogP contribution >= 0.6 is 11.3 Å². The van der Waals surface area contributed by atoms with Gasteiger partial charge in [0, 0.05) is 29.7 Å². The smallest absolute Gasteiger partial charge is 0.203 e. The second kappa shape index (κ2) is 11.4. The van der Waals surface area contributed by atoms with Gasteiger partial charge in [-0.2, -0.15) is 5.10 Å². The third-order valence-electron chi connectivity index (χ3n) is 4.77. The Balaban J connectivity index is 1.57. The predicted molar refractivity (Wildman–Crippen MR) is 127 cm³/mol. The van der Waals surface area contributed by atoms with Gasteiger partial charge in [-0.15, -0.1) is 11.3 Å². The fraction of sp³-hybridized carbons (Fsp3) is 0.333. The lowest BCUT2D eigenvalue weighted by atomic mass is 10.2. The van der Waals surface area contributed by atoms with Crippen LogP contribution in [0.1, 0.15) is 45.1 Å². The molecule has 0 fully saturated rings. The van der Waals surface area contributed by atoms with E-state index in [4.69, 9.17) is 0 Å². The van der Waals surface area contributed by atoms with E-state index in [1.54, 1.807) is 11.3 Å². The van der Waals surface area contributed by atoms with E-state index in [-0.39, 0.29) is 0 Å². The molecule has 3 rings (SSSR count). The zero-order chi connectivity index (χ0) is 20.3. The van der Waals surface area contributed by atoms with Crippen LogP contribution in [0, 0.1) is 0 Å².